The highest BCUT2D eigenvalue weighted by Crippen LogP contribution is 2.35. The summed E-state index contributed by atoms with van der Waals surface area (Å²) in [5, 5.41) is 3.67. The molecule has 1 unspecified atom stereocenters. The quantitative estimate of drug-likeness (QED) is 0.718. The normalized spacial score (nSPS) is 17.8. The maximum absolute atomic E-state index is 3.67. The number of benzene rings is 1. The molecule has 0 spiro atoms. The molecular formula is C19H31N. The van der Waals surface area contributed by atoms with Crippen LogP contribution in [0.25, 0.3) is 0 Å². The smallest absolute Gasteiger partial charge is 0.0322 e. The topological polar surface area (TPSA) is 12.0 Å². The van der Waals surface area contributed by atoms with Gasteiger partial charge in [0.15, 0.2) is 0 Å². The summed E-state index contributed by atoms with van der Waals surface area (Å²) in [6, 6.07) is 9.91. The van der Waals surface area contributed by atoms with Gasteiger partial charge in [0.25, 0.3) is 0 Å². The molecule has 20 heavy (non-hydrogen) atoms. The van der Waals surface area contributed by atoms with E-state index in [2.05, 4.69) is 57.3 Å². The molecule has 1 aliphatic carbocycles. The minimum atomic E-state index is 0.292. The molecule has 1 aromatic carbocycles. The second kappa shape index (κ2) is 6.76. The lowest BCUT2D eigenvalue weighted by Gasteiger charge is -2.31. The number of nitrogens with one attached hydrogen (secondary N) is 1. The summed E-state index contributed by atoms with van der Waals surface area (Å²) >= 11 is 0. The Bertz CT molecular complexity index is 400. The molecule has 0 bridgehead atoms. The molecule has 0 amide bonds. The maximum atomic E-state index is 3.67. The van der Waals surface area contributed by atoms with Crippen LogP contribution in [0.4, 0.5) is 0 Å². The van der Waals surface area contributed by atoms with Gasteiger partial charge >= 0.3 is 0 Å². The summed E-state index contributed by atoms with van der Waals surface area (Å²) in [6.45, 7) is 10.2. The average molecular weight is 273 g/mol. The molecule has 1 N–H and O–H groups in total. The summed E-state index contributed by atoms with van der Waals surface area (Å²) in [7, 11) is 0. The van der Waals surface area contributed by atoms with E-state index in [0.29, 0.717) is 11.5 Å². The highest BCUT2D eigenvalue weighted by molar-refractivity contribution is 5.29. The lowest BCUT2D eigenvalue weighted by atomic mass is 9.78. The Labute approximate surface area is 125 Å². The van der Waals surface area contributed by atoms with Gasteiger partial charge in [-0.25, -0.2) is 0 Å². The van der Waals surface area contributed by atoms with E-state index < -0.39 is 0 Å². The number of hydrogen-bond acceptors (Lipinski definition) is 1. The molecule has 0 saturated heterocycles. The van der Waals surface area contributed by atoms with E-state index in [0.717, 1.165) is 12.5 Å². The largest absolute Gasteiger partial charge is 0.310 e. The van der Waals surface area contributed by atoms with Crippen molar-refractivity contribution in [3.63, 3.8) is 0 Å². The zero-order valence-corrected chi connectivity index (χ0v) is 13.7. The Morgan fingerprint density at radius 2 is 1.80 bits per heavy atom. The molecule has 1 aromatic rings. The maximum Gasteiger partial charge on any atom is 0.0322 e. The molecule has 0 radical (unpaired) electrons. The predicted molar refractivity (Wildman–Crippen MR) is 88.1 cm³/mol. The van der Waals surface area contributed by atoms with Gasteiger partial charge in [0.2, 0.25) is 0 Å². The van der Waals surface area contributed by atoms with Crippen LogP contribution in [-0.2, 0) is 5.41 Å². The molecule has 112 valence electrons. The Balaban J connectivity index is 2.08. The molecule has 1 heteroatoms. The average Bonchev–Trinajstić information content (AvgIpc) is 2.41. The van der Waals surface area contributed by atoms with E-state index in [4.69, 9.17) is 0 Å². The van der Waals surface area contributed by atoms with Crippen molar-refractivity contribution in [3.05, 3.63) is 35.4 Å². The van der Waals surface area contributed by atoms with E-state index in [-0.39, 0.29) is 0 Å². The summed E-state index contributed by atoms with van der Waals surface area (Å²) < 4.78 is 0. The van der Waals surface area contributed by atoms with E-state index in [1.54, 1.807) is 0 Å². The summed E-state index contributed by atoms with van der Waals surface area (Å²) in [4.78, 5) is 0. The van der Waals surface area contributed by atoms with Gasteiger partial charge in [-0.05, 0) is 41.8 Å². The molecule has 1 fully saturated rings. The summed E-state index contributed by atoms with van der Waals surface area (Å²) in [5.74, 6) is 0.950. The third-order valence-corrected chi connectivity index (χ3v) is 5.22. The van der Waals surface area contributed by atoms with Crippen LogP contribution < -0.4 is 5.32 Å². The highest BCUT2D eigenvalue weighted by Gasteiger charge is 2.23. The number of hydrogen-bond donors (Lipinski definition) is 1. The van der Waals surface area contributed by atoms with Gasteiger partial charge in [-0.3, -0.25) is 0 Å². The first-order valence-corrected chi connectivity index (χ1v) is 8.40. The zero-order chi connectivity index (χ0) is 14.6. The third-order valence-electron chi connectivity index (χ3n) is 5.22. The second-order valence-electron chi connectivity index (χ2n) is 7.00. The van der Waals surface area contributed by atoms with Gasteiger partial charge < -0.3 is 5.32 Å². The summed E-state index contributed by atoms with van der Waals surface area (Å²) in [6.07, 6.45) is 6.80. The van der Waals surface area contributed by atoms with E-state index in [1.165, 1.54) is 43.2 Å². The third kappa shape index (κ3) is 3.63. The van der Waals surface area contributed by atoms with Crippen LogP contribution in [0.1, 0.15) is 77.0 Å². The molecule has 1 atom stereocenters. The van der Waals surface area contributed by atoms with Crippen molar-refractivity contribution in [2.45, 2.75) is 71.3 Å². The van der Waals surface area contributed by atoms with Crippen LogP contribution in [-0.4, -0.2) is 6.54 Å². The minimum Gasteiger partial charge on any atom is -0.310 e. The lowest BCUT2D eigenvalue weighted by Crippen LogP contribution is -2.26. The molecule has 1 aliphatic rings. The molecule has 1 saturated carbocycles. The van der Waals surface area contributed by atoms with Gasteiger partial charge in [-0.2, -0.15) is 0 Å². The first kappa shape index (κ1) is 15.6. The van der Waals surface area contributed by atoms with Gasteiger partial charge in [-0.1, -0.05) is 71.2 Å². The standard InChI is InChI=1S/C19H31N/c1-5-19(3,4)17-12-10-16(11-13-17)18(20-6-2)14-15-8-7-9-15/h10-13,15,18,20H,5-9,14H2,1-4H3. The first-order chi connectivity index (χ1) is 9.56. The van der Waals surface area contributed by atoms with Crippen LogP contribution in [0.2, 0.25) is 0 Å². The van der Waals surface area contributed by atoms with Crippen molar-refractivity contribution in [3.8, 4) is 0 Å². The van der Waals surface area contributed by atoms with Crippen LogP contribution in [0.3, 0.4) is 0 Å². The first-order valence-electron chi connectivity index (χ1n) is 8.40. The predicted octanol–water partition coefficient (Wildman–Crippen LogP) is 5.22. The van der Waals surface area contributed by atoms with E-state index in [1.807, 2.05) is 0 Å². The van der Waals surface area contributed by atoms with Crippen LogP contribution in [0, 0.1) is 5.92 Å². The van der Waals surface area contributed by atoms with Crippen LogP contribution >= 0.6 is 0 Å². The molecular weight excluding hydrogens is 242 g/mol. The SMILES string of the molecule is CCNC(CC1CCC1)c1ccc(C(C)(C)CC)cc1. The molecule has 0 aromatic heterocycles. The van der Waals surface area contributed by atoms with Crippen molar-refractivity contribution in [1.82, 2.24) is 5.32 Å². The van der Waals surface area contributed by atoms with Crippen molar-refractivity contribution < 1.29 is 0 Å². The minimum absolute atomic E-state index is 0.292. The Kier molecular flexibility index (Phi) is 5.26. The number of rotatable bonds is 7. The van der Waals surface area contributed by atoms with Crippen molar-refractivity contribution >= 4 is 0 Å². The Morgan fingerprint density at radius 3 is 2.25 bits per heavy atom. The molecule has 2 rings (SSSR count). The Morgan fingerprint density at radius 1 is 1.15 bits per heavy atom. The molecule has 0 aliphatic heterocycles. The van der Waals surface area contributed by atoms with Crippen LogP contribution in [0.15, 0.2) is 24.3 Å². The van der Waals surface area contributed by atoms with Gasteiger partial charge in [0.05, 0.1) is 0 Å². The highest BCUT2D eigenvalue weighted by atomic mass is 14.9. The molecule has 0 heterocycles. The van der Waals surface area contributed by atoms with E-state index >= 15 is 0 Å². The van der Waals surface area contributed by atoms with Crippen molar-refractivity contribution in [1.29, 1.82) is 0 Å². The summed E-state index contributed by atoms with van der Waals surface area (Å²) in [5.41, 5.74) is 3.22. The second-order valence-corrected chi connectivity index (χ2v) is 7.00. The van der Waals surface area contributed by atoms with Gasteiger partial charge in [0.1, 0.15) is 0 Å². The van der Waals surface area contributed by atoms with Crippen LogP contribution in [0.5, 0.6) is 0 Å². The fraction of sp³-hybridized carbons (Fsp3) is 0.684. The lowest BCUT2D eigenvalue weighted by molar-refractivity contribution is 0.262. The monoisotopic (exact) mass is 273 g/mol. The van der Waals surface area contributed by atoms with Gasteiger partial charge in [-0.15, -0.1) is 0 Å². The Hall–Kier alpha value is -0.820. The van der Waals surface area contributed by atoms with Crippen molar-refractivity contribution in [2.75, 3.05) is 6.54 Å². The van der Waals surface area contributed by atoms with E-state index in [9.17, 15) is 0 Å². The zero-order valence-electron chi connectivity index (χ0n) is 13.7. The van der Waals surface area contributed by atoms with Gasteiger partial charge in [0, 0.05) is 6.04 Å². The fourth-order valence-corrected chi connectivity index (χ4v) is 3.02. The molecule has 1 nitrogen and oxygen atoms in total. The van der Waals surface area contributed by atoms with Crippen molar-refractivity contribution in [2.24, 2.45) is 5.92 Å². The fourth-order valence-electron chi connectivity index (χ4n) is 3.02.